The van der Waals surface area contributed by atoms with Gasteiger partial charge >= 0.3 is 0 Å². The topological polar surface area (TPSA) is 99.6 Å². The molecule has 1 aliphatic heterocycles. The van der Waals surface area contributed by atoms with Crippen LogP contribution in [0, 0.1) is 17.2 Å². The van der Waals surface area contributed by atoms with Gasteiger partial charge in [-0.3, -0.25) is 9.52 Å². The van der Waals surface area contributed by atoms with E-state index in [1.165, 1.54) is 11.9 Å². The smallest absolute Gasteiger partial charge is 0.279 e. The highest BCUT2D eigenvalue weighted by molar-refractivity contribution is 7.97. The molecule has 1 amide bonds. The number of carbonyl (C=O) groups is 1. The Morgan fingerprint density at radius 2 is 1.76 bits per heavy atom. The third-order valence-electron chi connectivity index (χ3n) is 8.01. The van der Waals surface area contributed by atoms with Gasteiger partial charge in [0, 0.05) is 49.9 Å². The first kappa shape index (κ1) is 30.1. The second kappa shape index (κ2) is 15.2. The van der Waals surface area contributed by atoms with E-state index < -0.39 is 0 Å². The zero-order valence-electron chi connectivity index (χ0n) is 24.3. The summed E-state index contributed by atoms with van der Waals surface area (Å²) in [7, 11) is 1.76. The second-order valence-corrected chi connectivity index (χ2v) is 11.9. The molecule has 1 aliphatic carbocycles. The highest BCUT2D eigenvalue weighted by Gasteiger charge is 2.31. The van der Waals surface area contributed by atoms with Crippen molar-refractivity contribution in [2.75, 3.05) is 49.4 Å². The molecule has 222 valence electrons. The first-order chi connectivity index (χ1) is 20.6. The van der Waals surface area contributed by atoms with Gasteiger partial charge in [0.25, 0.3) is 5.91 Å². The lowest BCUT2D eigenvalue weighted by Crippen LogP contribution is -2.37. The van der Waals surface area contributed by atoms with E-state index in [0.29, 0.717) is 42.1 Å². The normalized spacial score (nSPS) is 15.7. The number of anilines is 3. The van der Waals surface area contributed by atoms with E-state index in [1.807, 2.05) is 66.7 Å². The van der Waals surface area contributed by atoms with Crippen LogP contribution in [0.3, 0.4) is 0 Å². The van der Waals surface area contributed by atoms with Crippen LogP contribution in [-0.2, 0) is 16.1 Å². The van der Waals surface area contributed by atoms with Gasteiger partial charge in [0.05, 0.1) is 24.5 Å². The highest BCUT2D eigenvalue weighted by Crippen LogP contribution is 2.38. The molecule has 0 unspecified atom stereocenters. The number of rotatable bonds is 14. The van der Waals surface area contributed by atoms with E-state index in [2.05, 4.69) is 14.9 Å². The first-order valence-corrected chi connectivity index (χ1v) is 15.8. The molecule has 1 aromatic heterocycles. The fourth-order valence-electron chi connectivity index (χ4n) is 5.42. The number of hydrogen-bond acceptors (Lipinski definition) is 8. The summed E-state index contributed by atoms with van der Waals surface area (Å²) < 4.78 is 14.1. The minimum Gasteiger partial charge on any atom is -0.384 e. The molecule has 2 aliphatic rings. The van der Waals surface area contributed by atoms with Gasteiger partial charge < -0.3 is 25.1 Å². The molecule has 9 heteroatoms. The van der Waals surface area contributed by atoms with Crippen LogP contribution in [0.15, 0.2) is 66.7 Å². The van der Waals surface area contributed by atoms with Crippen LogP contribution >= 0.6 is 11.9 Å². The molecular formula is C33H41N5O3S. The van der Waals surface area contributed by atoms with E-state index >= 15 is 0 Å². The van der Waals surface area contributed by atoms with Crippen LogP contribution in [0.2, 0.25) is 0 Å². The Bertz CT molecular complexity index is 1310. The average molecular weight is 588 g/mol. The molecule has 2 aromatic carbocycles. The Balaban J connectivity index is 1.35. The quantitative estimate of drug-likeness (QED) is 0.113. The Morgan fingerprint density at radius 1 is 1.05 bits per heavy atom. The van der Waals surface area contributed by atoms with E-state index in [9.17, 15) is 10.2 Å². The van der Waals surface area contributed by atoms with Crippen molar-refractivity contribution in [3.05, 3.63) is 83.6 Å². The van der Waals surface area contributed by atoms with Crippen LogP contribution in [-0.4, -0.2) is 55.8 Å². The summed E-state index contributed by atoms with van der Waals surface area (Å²) >= 11 is 1.32. The van der Waals surface area contributed by atoms with Gasteiger partial charge in [-0.1, -0.05) is 55.0 Å². The number of nitrogens with one attached hydrogen (secondary N) is 3. The number of ether oxygens (including phenoxy) is 2. The van der Waals surface area contributed by atoms with Gasteiger partial charge in [-0.15, -0.1) is 0 Å². The molecule has 1 saturated heterocycles. The number of hydrogen-bond donors (Lipinski definition) is 3. The number of methoxy groups -OCH3 is 1. The SMILES string of the molecule is COCC1CCN(c2cc(C(=O)NSCCOCc3ccccc3)nc(Nc3ccccc3)c2C(=N)C2CCC2)CC1. The zero-order chi connectivity index (χ0) is 29.1. The van der Waals surface area contributed by atoms with Gasteiger partial charge in [-0.2, -0.15) is 0 Å². The fraction of sp³-hybridized carbons (Fsp3) is 0.424. The summed E-state index contributed by atoms with van der Waals surface area (Å²) in [6, 6.07) is 21.8. The summed E-state index contributed by atoms with van der Waals surface area (Å²) in [5.41, 5.74) is 4.67. The van der Waals surface area contributed by atoms with E-state index in [-0.39, 0.29) is 11.8 Å². The van der Waals surface area contributed by atoms with Gasteiger partial charge in [0.2, 0.25) is 0 Å². The summed E-state index contributed by atoms with van der Waals surface area (Å²) in [5, 5.41) is 12.7. The predicted octanol–water partition coefficient (Wildman–Crippen LogP) is 6.45. The molecule has 0 spiro atoms. The largest absolute Gasteiger partial charge is 0.384 e. The van der Waals surface area contributed by atoms with E-state index in [4.69, 9.17) is 14.5 Å². The lowest BCUT2D eigenvalue weighted by Gasteiger charge is -2.36. The highest BCUT2D eigenvalue weighted by atomic mass is 32.2. The maximum absolute atomic E-state index is 13.4. The maximum atomic E-state index is 13.4. The number of piperidine rings is 1. The number of amides is 1. The Labute approximate surface area is 253 Å². The number of pyridine rings is 1. The van der Waals surface area contributed by atoms with Crippen LogP contribution in [0.25, 0.3) is 0 Å². The van der Waals surface area contributed by atoms with Crippen molar-refractivity contribution in [3.8, 4) is 0 Å². The lowest BCUT2D eigenvalue weighted by molar-refractivity contribution is 0.0979. The van der Waals surface area contributed by atoms with Crippen molar-refractivity contribution >= 4 is 40.8 Å². The van der Waals surface area contributed by atoms with Crippen molar-refractivity contribution in [3.63, 3.8) is 0 Å². The molecule has 0 atom stereocenters. The molecule has 42 heavy (non-hydrogen) atoms. The monoisotopic (exact) mass is 587 g/mol. The average Bonchev–Trinajstić information content (AvgIpc) is 2.99. The van der Waals surface area contributed by atoms with E-state index in [1.54, 1.807) is 7.11 Å². The third kappa shape index (κ3) is 7.91. The molecule has 8 nitrogen and oxygen atoms in total. The molecule has 2 fully saturated rings. The standard InChI is InChI=1S/C33H41N5O3S/c1-40-22-25-15-17-38(18-16-25)29-21-28(33(39)37-42-20-19-41-23-24-9-4-2-5-10-24)36-32(35-27-13-6-3-7-14-27)30(29)31(34)26-11-8-12-26/h2-7,9-10,13-14,21,25-26,34H,8,11-12,15-20,22-23H2,1H3,(H,35,36)(H,37,39). The molecule has 3 N–H and O–H groups in total. The van der Waals surface area contributed by atoms with Gasteiger partial charge in [-0.05, 0) is 67.3 Å². The predicted molar refractivity (Wildman–Crippen MR) is 171 cm³/mol. The summed E-state index contributed by atoms with van der Waals surface area (Å²) in [6.07, 6.45) is 5.20. The number of para-hydroxylation sites is 1. The van der Waals surface area contributed by atoms with Gasteiger partial charge in [-0.25, -0.2) is 4.98 Å². The van der Waals surface area contributed by atoms with Crippen molar-refractivity contribution in [1.82, 2.24) is 9.71 Å². The lowest BCUT2D eigenvalue weighted by atomic mass is 9.79. The van der Waals surface area contributed by atoms with Crippen molar-refractivity contribution in [2.24, 2.45) is 11.8 Å². The zero-order valence-corrected chi connectivity index (χ0v) is 25.1. The Hall–Kier alpha value is -3.40. The summed E-state index contributed by atoms with van der Waals surface area (Å²) in [6.45, 7) is 3.53. The second-order valence-electron chi connectivity index (χ2n) is 11.0. The van der Waals surface area contributed by atoms with Crippen LogP contribution < -0.4 is 14.9 Å². The van der Waals surface area contributed by atoms with Gasteiger partial charge in [0.15, 0.2) is 0 Å². The maximum Gasteiger partial charge on any atom is 0.279 e. The number of aromatic nitrogens is 1. The molecular weight excluding hydrogens is 546 g/mol. The summed E-state index contributed by atoms with van der Waals surface area (Å²) in [5.74, 6) is 1.68. The van der Waals surface area contributed by atoms with Crippen LogP contribution in [0.5, 0.6) is 0 Å². The number of carbonyl (C=O) groups excluding carboxylic acids is 1. The summed E-state index contributed by atoms with van der Waals surface area (Å²) in [4.78, 5) is 20.6. The number of nitrogens with zero attached hydrogens (tertiary/aromatic N) is 2. The third-order valence-corrected chi connectivity index (χ3v) is 8.71. The van der Waals surface area contributed by atoms with Crippen molar-refractivity contribution in [1.29, 1.82) is 5.41 Å². The molecule has 0 radical (unpaired) electrons. The molecule has 3 aromatic rings. The Morgan fingerprint density at radius 3 is 2.43 bits per heavy atom. The van der Waals surface area contributed by atoms with E-state index in [0.717, 1.165) is 74.3 Å². The molecule has 1 saturated carbocycles. The van der Waals surface area contributed by atoms with Crippen LogP contribution in [0.4, 0.5) is 17.2 Å². The van der Waals surface area contributed by atoms with Gasteiger partial charge in [0.1, 0.15) is 11.5 Å². The minimum atomic E-state index is -0.253. The first-order valence-electron chi connectivity index (χ1n) is 14.9. The minimum absolute atomic E-state index is 0.221. The van der Waals surface area contributed by atoms with Crippen LogP contribution in [0.1, 0.15) is 53.7 Å². The van der Waals surface area contributed by atoms with Crippen molar-refractivity contribution in [2.45, 2.75) is 38.7 Å². The number of benzene rings is 2. The fourth-order valence-corrected chi connectivity index (χ4v) is 5.96. The Kier molecular flexibility index (Phi) is 10.9. The molecule has 2 heterocycles. The van der Waals surface area contributed by atoms with Crippen molar-refractivity contribution < 1.29 is 14.3 Å². The molecule has 0 bridgehead atoms. The molecule has 5 rings (SSSR count).